The Kier molecular flexibility index (Phi) is 23.6. The van der Waals surface area contributed by atoms with E-state index in [1.807, 2.05) is 0 Å². The maximum absolute atomic E-state index is 14.1. The summed E-state index contributed by atoms with van der Waals surface area (Å²) < 4.78 is 38.9. The lowest BCUT2D eigenvalue weighted by molar-refractivity contribution is 0.0268. The molecule has 0 atom stereocenters. The Balaban J connectivity index is 3.39. The molecular formula is C49H82N8O13. The quantitative estimate of drug-likeness (QED) is 0.0586. The topological polar surface area (TPSA) is 258 Å². The summed E-state index contributed by atoms with van der Waals surface area (Å²) in [5.74, 6) is -0.164. The van der Waals surface area contributed by atoms with Crippen LogP contribution < -0.4 is 20.7 Å². The van der Waals surface area contributed by atoms with E-state index < -0.39 is 70.2 Å². The highest BCUT2D eigenvalue weighted by atomic mass is 16.6. The summed E-state index contributed by atoms with van der Waals surface area (Å²) in [6.07, 6.45) is -2.57. The number of guanidine groups is 2. The van der Waals surface area contributed by atoms with Gasteiger partial charge in [0.25, 0.3) is 0 Å². The molecule has 0 aliphatic heterocycles. The summed E-state index contributed by atoms with van der Waals surface area (Å²) in [6.45, 7) is 30.7. The average molecular weight is 991 g/mol. The van der Waals surface area contributed by atoms with Gasteiger partial charge >= 0.3 is 36.6 Å². The molecule has 0 heterocycles. The molecule has 70 heavy (non-hydrogen) atoms. The Morgan fingerprint density at radius 3 is 1.30 bits per heavy atom. The van der Waals surface area contributed by atoms with E-state index in [9.17, 15) is 28.8 Å². The molecule has 396 valence electrons. The molecule has 1 aromatic carbocycles. The summed E-state index contributed by atoms with van der Waals surface area (Å²) in [6, 6.07) is 6.53. The minimum atomic E-state index is -1.06. The standard InChI is InChI=1S/C49H82N8O13/c1-44(2,3)65-38(58)52-35(50)33-25-27-34(28-26-33)64-32-24-23-31-57(43(63)70-49(16,17)18)37(55-41(61)68-47(10,11)12)56(42(62)69-48(13,14)15)30-22-20-19-21-29-51-36(53-39(59)66-45(4,5)6)54-40(60)67-46(7,8)9/h25-28H,19-24,29-32H2,1-18H3,(H2,50,52,58)(H2,51,53,54,59,60). The van der Waals surface area contributed by atoms with Gasteiger partial charge in [-0.3, -0.25) is 26.4 Å². The highest BCUT2D eigenvalue weighted by Gasteiger charge is 2.35. The molecule has 0 unspecified atom stereocenters. The van der Waals surface area contributed by atoms with Gasteiger partial charge in [0.2, 0.25) is 11.9 Å². The summed E-state index contributed by atoms with van der Waals surface area (Å²) in [5.41, 5.74) is -4.84. The largest absolute Gasteiger partial charge is 0.494 e. The van der Waals surface area contributed by atoms with Gasteiger partial charge in [-0.1, -0.05) is 12.8 Å². The van der Waals surface area contributed by atoms with E-state index in [0.717, 1.165) is 9.80 Å². The first-order chi connectivity index (χ1) is 31.8. The predicted molar refractivity (Wildman–Crippen MR) is 266 cm³/mol. The van der Waals surface area contributed by atoms with Crippen LogP contribution in [0.25, 0.3) is 0 Å². The zero-order valence-corrected chi connectivity index (χ0v) is 45.0. The summed E-state index contributed by atoms with van der Waals surface area (Å²) >= 11 is 0. The van der Waals surface area contributed by atoms with Gasteiger partial charge in [0.15, 0.2) is 0 Å². The summed E-state index contributed by atoms with van der Waals surface area (Å²) in [4.78, 5) is 89.7. The third-order valence-corrected chi connectivity index (χ3v) is 7.91. The van der Waals surface area contributed by atoms with Gasteiger partial charge < -0.3 is 33.2 Å². The van der Waals surface area contributed by atoms with E-state index >= 15 is 0 Å². The zero-order chi connectivity index (χ0) is 53.9. The first kappa shape index (κ1) is 61.9. The number of unbranched alkanes of at least 4 members (excludes halogenated alkanes) is 4. The molecule has 0 aliphatic carbocycles. The number of amides is 6. The van der Waals surface area contributed by atoms with Crippen LogP contribution in [0.5, 0.6) is 5.75 Å². The van der Waals surface area contributed by atoms with Crippen molar-refractivity contribution in [3.8, 4) is 5.75 Å². The normalized spacial score (nSPS) is 12.3. The Morgan fingerprint density at radius 1 is 0.500 bits per heavy atom. The number of hydrogen-bond acceptors (Lipinski definition) is 15. The van der Waals surface area contributed by atoms with Crippen molar-refractivity contribution < 1.29 is 61.9 Å². The molecule has 4 N–H and O–H groups in total. The smallest absolute Gasteiger partial charge is 0.437 e. The molecular weight excluding hydrogens is 909 g/mol. The molecule has 6 amide bonds. The van der Waals surface area contributed by atoms with Crippen LogP contribution in [0, 0.1) is 5.41 Å². The molecule has 0 fully saturated rings. The first-order valence-corrected chi connectivity index (χ1v) is 23.5. The third kappa shape index (κ3) is 29.7. The first-order valence-electron chi connectivity index (χ1n) is 23.5. The molecule has 0 aliphatic rings. The number of carbonyl (C=O) groups is 6. The second-order valence-corrected chi connectivity index (χ2v) is 22.1. The number of amidine groups is 1. The number of nitrogens with one attached hydrogen (secondary N) is 4. The van der Waals surface area contributed by atoms with E-state index in [4.69, 9.17) is 38.6 Å². The maximum Gasteiger partial charge on any atom is 0.437 e. The minimum absolute atomic E-state index is 0.0470. The van der Waals surface area contributed by atoms with Crippen molar-refractivity contribution in [2.45, 2.75) is 197 Å². The Hall–Kier alpha value is -6.15. The molecule has 0 spiro atoms. The predicted octanol–water partition coefficient (Wildman–Crippen LogP) is 10.4. The number of rotatable bonds is 14. The summed E-state index contributed by atoms with van der Waals surface area (Å²) in [7, 11) is 0. The van der Waals surface area contributed by atoms with E-state index in [-0.39, 0.29) is 44.0 Å². The number of aliphatic imine (C=N–C) groups is 2. The second kappa shape index (κ2) is 26.7. The van der Waals surface area contributed by atoms with E-state index in [0.29, 0.717) is 49.8 Å². The average Bonchev–Trinajstić information content (AvgIpc) is 3.12. The van der Waals surface area contributed by atoms with Crippen molar-refractivity contribution in [2.75, 3.05) is 26.2 Å². The minimum Gasteiger partial charge on any atom is -0.494 e. The van der Waals surface area contributed by atoms with E-state index in [2.05, 4.69) is 25.9 Å². The molecule has 0 aromatic heterocycles. The van der Waals surface area contributed by atoms with Crippen molar-refractivity contribution in [3.05, 3.63) is 29.8 Å². The molecule has 1 rings (SSSR count). The van der Waals surface area contributed by atoms with Gasteiger partial charge in [0, 0.05) is 25.2 Å². The monoisotopic (exact) mass is 991 g/mol. The fraction of sp³-hybridized carbons (Fsp3) is 0.694. The fourth-order valence-corrected chi connectivity index (χ4v) is 5.41. The van der Waals surface area contributed by atoms with Crippen LogP contribution in [0.2, 0.25) is 0 Å². The van der Waals surface area contributed by atoms with Gasteiger partial charge in [-0.25, -0.2) is 38.6 Å². The highest BCUT2D eigenvalue weighted by Crippen LogP contribution is 2.20. The highest BCUT2D eigenvalue weighted by molar-refractivity contribution is 6.05. The van der Waals surface area contributed by atoms with Crippen molar-refractivity contribution in [2.24, 2.45) is 9.98 Å². The number of hydrogen-bond donors (Lipinski definition) is 4. The molecule has 0 saturated heterocycles. The maximum atomic E-state index is 14.1. The van der Waals surface area contributed by atoms with Crippen LogP contribution in [0.15, 0.2) is 34.3 Å². The molecule has 1 aromatic rings. The van der Waals surface area contributed by atoms with Crippen molar-refractivity contribution in [1.29, 1.82) is 5.41 Å². The van der Waals surface area contributed by atoms with Crippen LogP contribution in [0.1, 0.15) is 169 Å². The van der Waals surface area contributed by atoms with Crippen LogP contribution in [0.4, 0.5) is 28.8 Å². The van der Waals surface area contributed by atoms with E-state index in [1.54, 1.807) is 149 Å². The molecule has 21 heteroatoms. The summed E-state index contributed by atoms with van der Waals surface area (Å²) in [5, 5.41) is 15.6. The van der Waals surface area contributed by atoms with Crippen molar-refractivity contribution >= 4 is 54.3 Å². The third-order valence-electron chi connectivity index (χ3n) is 7.91. The Morgan fingerprint density at radius 2 is 0.886 bits per heavy atom. The number of ether oxygens (including phenoxy) is 7. The Bertz CT molecular complexity index is 1950. The number of nitrogens with zero attached hydrogens (tertiary/aromatic N) is 4. The van der Waals surface area contributed by atoms with Crippen LogP contribution in [-0.2, 0) is 28.4 Å². The number of carbonyl (C=O) groups excluding carboxylic acids is 6. The Labute approximate surface area is 415 Å². The van der Waals surface area contributed by atoms with Gasteiger partial charge in [-0.2, -0.15) is 0 Å². The molecule has 0 bridgehead atoms. The lowest BCUT2D eigenvalue weighted by Gasteiger charge is -2.34. The zero-order valence-electron chi connectivity index (χ0n) is 45.0. The number of benzene rings is 1. The van der Waals surface area contributed by atoms with Gasteiger partial charge in [0.1, 0.15) is 45.2 Å². The molecule has 0 saturated carbocycles. The number of alkyl carbamates (subject to hydrolysis) is 3. The fourth-order valence-electron chi connectivity index (χ4n) is 5.41. The van der Waals surface area contributed by atoms with Gasteiger partial charge in [-0.15, -0.1) is 4.99 Å². The lowest BCUT2D eigenvalue weighted by atomic mass is 10.2. The molecule has 0 radical (unpaired) electrons. The van der Waals surface area contributed by atoms with Crippen LogP contribution in [-0.4, -0.2) is 124 Å². The van der Waals surface area contributed by atoms with Crippen molar-refractivity contribution in [3.63, 3.8) is 0 Å². The van der Waals surface area contributed by atoms with Gasteiger partial charge in [-0.05, 0) is 175 Å². The lowest BCUT2D eigenvalue weighted by Crippen LogP contribution is -2.53. The van der Waals surface area contributed by atoms with Gasteiger partial charge in [0.05, 0.1) is 6.61 Å². The van der Waals surface area contributed by atoms with E-state index in [1.165, 1.54) is 0 Å². The van der Waals surface area contributed by atoms with Crippen molar-refractivity contribution in [1.82, 2.24) is 25.8 Å². The molecule has 21 nitrogen and oxygen atoms in total. The second-order valence-electron chi connectivity index (χ2n) is 22.1. The SMILES string of the molecule is CC(C)(C)OC(=O)N=C(N(CCCCCCN=C(NC(=O)OC(C)(C)C)NC(=O)OC(C)(C)C)C(=O)OC(C)(C)C)N(CCCCOc1ccc(C(=N)NC(=O)OC(C)(C)C)cc1)C(=O)OC(C)(C)C. The van der Waals surface area contributed by atoms with Crippen LogP contribution >= 0.6 is 0 Å². The van der Waals surface area contributed by atoms with Crippen LogP contribution in [0.3, 0.4) is 0 Å².